The Kier molecular flexibility index (Phi) is 8.68. The number of phosphoric acid groups is 1. The van der Waals surface area contributed by atoms with Gasteiger partial charge < -0.3 is 24.8 Å². The van der Waals surface area contributed by atoms with Crippen LogP contribution in [0.4, 0.5) is 10.3 Å². The molecule has 200 valence electrons. The van der Waals surface area contributed by atoms with Gasteiger partial charge in [0, 0.05) is 0 Å². The monoisotopic (exact) mass is 540 g/mol. The number of para-hydroxylation sites is 1. The molecule has 0 aliphatic carbocycles. The van der Waals surface area contributed by atoms with Crippen LogP contribution < -0.4 is 15.9 Å². The fourth-order valence-corrected chi connectivity index (χ4v) is 4.58. The number of aliphatic hydroxyl groups is 1. The van der Waals surface area contributed by atoms with Gasteiger partial charge in [-0.1, -0.05) is 24.1 Å². The number of nitrogens with two attached hydrogens (primary N) is 1. The molecule has 3 rings (SSSR count). The first-order valence-corrected chi connectivity index (χ1v) is 12.4. The lowest BCUT2D eigenvalue weighted by Crippen LogP contribution is -2.44. The van der Waals surface area contributed by atoms with Crippen molar-refractivity contribution < 1.29 is 41.9 Å². The zero-order valence-electron chi connectivity index (χ0n) is 20.1. The van der Waals surface area contributed by atoms with Crippen molar-refractivity contribution >= 4 is 19.7 Å². The van der Waals surface area contributed by atoms with Gasteiger partial charge in [-0.05, 0) is 32.9 Å². The van der Waals surface area contributed by atoms with E-state index in [1.54, 1.807) is 38.0 Å². The van der Waals surface area contributed by atoms with Crippen LogP contribution in [0.15, 0.2) is 41.5 Å². The second kappa shape index (κ2) is 11.4. The van der Waals surface area contributed by atoms with E-state index >= 15 is 4.39 Å². The van der Waals surface area contributed by atoms with Crippen molar-refractivity contribution in [3.05, 3.63) is 47.1 Å². The minimum atomic E-state index is -4.61. The van der Waals surface area contributed by atoms with Crippen molar-refractivity contribution in [1.29, 1.82) is 0 Å². The summed E-state index contributed by atoms with van der Waals surface area (Å²) >= 11 is 0. The summed E-state index contributed by atoms with van der Waals surface area (Å²) in [6, 6.07) is 7.74. The Hall–Kier alpha value is -3.34. The van der Waals surface area contributed by atoms with Gasteiger partial charge in [0.25, 0.3) is 0 Å². The first-order chi connectivity index (χ1) is 17.4. The number of halogens is 1. The SMILES string of the molecule is C#C[C@@]1(F)[C@@H](O)[C@@H](CO[P@](=O)(Oc2ccccc2)O[C@@H](C)C(=O)OC(C)C)O[C@H]1n1cnc(N)nc1=O. The average Bonchev–Trinajstić information content (AvgIpc) is 3.08. The van der Waals surface area contributed by atoms with Gasteiger partial charge >= 0.3 is 19.5 Å². The molecular weight excluding hydrogens is 514 g/mol. The lowest BCUT2D eigenvalue weighted by Gasteiger charge is -2.24. The summed E-state index contributed by atoms with van der Waals surface area (Å²) in [6.45, 7) is 3.71. The number of rotatable bonds is 10. The molecule has 13 nitrogen and oxygen atoms in total. The summed E-state index contributed by atoms with van der Waals surface area (Å²) in [5.41, 5.74) is 1.38. The molecule has 0 spiro atoms. The molecule has 1 aromatic heterocycles. The molecule has 1 aliphatic rings. The predicted molar refractivity (Wildman–Crippen MR) is 126 cm³/mol. The second-order valence-corrected chi connectivity index (χ2v) is 9.72. The topological polar surface area (TPSA) is 174 Å². The van der Waals surface area contributed by atoms with E-state index in [-0.39, 0.29) is 11.7 Å². The third-order valence-electron chi connectivity index (χ3n) is 4.99. The molecule has 0 radical (unpaired) electrons. The van der Waals surface area contributed by atoms with Crippen molar-refractivity contribution in [3.63, 3.8) is 0 Å². The maximum Gasteiger partial charge on any atom is 0.530 e. The van der Waals surface area contributed by atoms with Gasteiger partial charge in [-0.3, -0.25) is 13.6 Å². The summed E-state index contributed by atoms with van der Waals surface area (Å²) in [5.74, 6) is 0.630. The third-order valence-corrected chi connectivity index (χ3v) is 6.47. The Balaban J connectivity index is 1.83. The normalized spacial score (nSPS) is 25.7. The van der Waals surface area contributed by atoms with E-state index in [2.05, 4.69) is 9.97 Å². The Morgan fingerprint density at radius 1 is 1.38 bits per heavy atom. The molecular formula is C22H26FN4O9P. The number of nitrogen functional groups attached to an aromatic ring is 1. The number of ether oxygens (including phenoxy) is 2. The number of carbonyl (C=O) groups is 1. The average molecular weight is 540 g/mol. The van der Waals surface area contributed by atoms with Gasteiger partial charge in [-0.2, -0.15) is 4.98 Å². The van der Waals surface area contributed by atoms with Crippen LogP contribution in [-0.4, -0.2) is 62.3 Å². The molecule has 0 saturated carbocycles. The van der Waals surface area contributed by atoms with Crippen LogP contribution in [0.25, 0.3) is 0 Å². The fraction of sp³-hybridized carbons (Fsp3) is 0.455. The summed E-state index contributed by atoms with van der Waals surface area (Å²) in [4.78, 5) is 31.4. The number of terminal acetylenes is 1. The van der Waals surface area contributed by atoms with Crippen molar-refractivity contribution in [2.45, 2.75) is 57.1 Å². The molecule has 0 bridgehead atoms. The summed E-state index contributed by atoms with van der Waals surface area (Å²) in [5, 5.41) is 10.6. The maximum atomic E-state index is 15.6. The Bertz CT molecular complexity index is 1250. The van der Waals surface area contributed by atoms with E-state index in [0.717, 1.165) is 6.33 Å². The van der Waals surface area contributed by atoms with E-state index in [1.165, 1.54) is 19.1 Å². The first-order valence-electron chi connectivity index (χ1n) is 11.0. The van der Waals surface area contributed by atoms with Crippen LogP contribution in [-0.2, 0) is 27.9 Å². The summed E-state index contributed by atoms with van der Waals surface area (Å²) in [6.07, 6.45) is -1.20. The number of anilines is 1. The highest BCUT2D eigenvalue weighted by molar-refractivity contribution is 7.49. The third kappa shape index (κ3) is 6.51. The lowest BCUT2D eigenvalue weighted by atomic mass is 9.97. The van der Waals surface area contributed by atoms with Gasteiger partial charge in [0.05, 0.1) is 12.7 Å². The van der Waals surface area contributed by atoms with Gasteiger partial charge in [0.15, 0.2) is 12.3 Å². The van der Waals surface area contributed by atoms with Crippen molar-refractivity contribution in [3.8, 4) is 18.1 Å². The first kappa shape index (κ1) is 28.2. The molecule has 3 N–H and O–H groups in total. The summed E-state index contributed by atoms with van der Waals surface area (Å²) < 4.78 is 56.2. The standard InChI is InChI=1S/C22H26FN4O9P/c1-5-22(23)17(28)16(34-19(22)27-12-25-20(24)26-21(27)30)11-32-37(31,36-15-9-7-6-8-10-15)35-14(4)18(29)33-13(2)3/h1,6-10,12-14,16-17,19,28H,11H2,2-4H3,(H2,24,26,30)/t14-,16+,17-,19+,22+,37-/m0/s1. The van der Waals surface area contributed by atoms with Crippen molar-refractivity contribution in [2.75, 3.05) is 12.3 Å². The Morgan fingerprint density at radius 2 is 2.05 bits per heavy atom. The van der Waals surface area contributed by atoms with Gasteiger partial charge in [0.2, 0.25) is 11.6 Å². The number of benzene rings is 1. The van der Waals surface area contributed by atoms with Crippen LogP contribution in [0.1, 0.15) is 27.0 Å². The van der Waals surface area contributed by atoms with Crippen LogP contribution in [0.2, 0.25) is 0 Å². The number of aromatic nitrogens is 3. The molecule has 2 heterocycles. The maximum absolute atomic E-state index is 15.6. The highest BCUT2D eigenvalue weighted by Gasteiger charge is 2.58. The van der Waals surface area contributed by atoms with E-state index < -0.39 is 62.4 Å². The van der Waals surface area contributed by atoms with Crippen LogP contribution in [0.3, 0.4) is 0 Å². The molecule has 2 aromatic rings. The predicted octanol–water partition coefficient (Wildman–Crippen LogP) is 1.38. The molecule has 6 atom stereocenters. The molecule has 0 amide bonds. The van der Waals surface area contributed by atoms with Crippen LogP contribution in [0, 0.1) is 12.3 Å². The number of carbonyl (C=O) groups excluding carboxylic acids is 1. The largest absolute Gasteiger partial charge is 0.530 e. The fourth-order valence-electron chi connectivity index (χ4n) is 3.25. The number of hydrogen-bond donors (Lipinski definition) is 2. The minimum Gasteiger partial charge on any atom is -0.461 e. The number of aliphatic hydroxyl groups excluding tert-OH is 1. The van der Waals surface area contributed by atoms with Gasteiger partial charge in [-0.15, -0.1) is 6.42 Å². The Labute approximate surface area is 211 Å². The minimum absolute atomic E-state index is 0.0649. The quantitative estimate of drug-likeness (QED) is 0.252. The summed E-state index contributed by atoms with van der Waals surface area (Å²) in [7, 11) is -4.61. The second-order valence-electron chi connectivity index (χ2n) is 8.17. The van der Waals surface area contributed by atoms with E-state index in [0.29, 0.717) is 4.57 Å². The van der Waals surface area contributed by atoms with E-state index in [4.69, 9.17) is 35.2 Å². The highest BCUT2D eigenvalue weighted by atomic mass is 31.2. The number of phosphoric ester groups is 1. The number of alkyl halides is 1. The molecule has 15 heteroatoms. The van der Waals surface area contributed by atoms with Crippen molar-refractivity contribution in [1.82, 2.24) is 14.5 Å². The molecule has 1 fully saturated rings. The molecule has 37 heavy (non-hydrogen) atoms. The number of nitrogens with zero attached hydrogens (tertiary/aromatic N) is 3. The molecule has 1 aromatic carbocycles. The van der Waals surface area contributed by atoms with Crippen LogP contribution >= 0.6 is 7.82 Å². The molecule has 1 aliphatic heterocycles. The highest BCUT2D eigenvalue weighted by Crippen LogP contribution is 2.52. The Morgan fingerprint density at radius 3 is 2.65 bits per heavy atom. The van der Waals surface area contributed by atoms with E-state index in [9.17, 15) is 19.3 Å². The van der Waals surface area contributed by atoms with Gasteiger partial charge in [-0.25, -0.2) is 23.5 Å². The van der Waals surface area contributed by atoms with Gasteiger partial charge in [0.1, 0.15) is 24.3 Å². The smallest absolute Gasteiger partial charge is 0.461 e. The lowest BCUT2D eigenvalue weighted by molar-refractivity contribution is -0.156. The zero-order chi connectivity index (χ0) is 27.4. The van der Waals surface area contributed by atoms with Crippen molar-refractivity contribution in [2.24, 2.45) is 0 Å². The molecule has 0 unspecified atom stereocenters. The number of esters is 1. The number of hydrogen-bond acceptors (Lipinski definition) is 12. The zero-order valence-corrected chi connectivity index (χ0v) is 21.0. The van der Waals surface area contributed by atoms with E-state index in [1.807, 2.05) is 0 Å². The van der Waals surface area contributed by atoms with Crippen LogP contribution in [0.5, 0.6) is 5.75 Å². The molecule has 1 saturated heterocycles.